The Morgan fingerprint density at radius 3 is 2.32 bits per heavy atom. The zero-order valence-corrected chi connectivity index (χ0v) is 19.9. The maximum absolute atomic E-state index is 10.4. The van der Waals surface area contributed by atoms with E-state index in [4.69, 9.17) is 0 Å². The molecule has 4 N–H and O–H groups in total. The first-order valence-electron chi connectivity index (χ1n) is 11.1. The van der Waals surface area contributed by atoms with Crippen LogP contribution in [0, 0.1) is 12.8 Å². The molecule has 0 radical (unpaired) electrons. The second kappa shape index (κ2) is 13.2. The van der Waals surface area contributed by atoms with Gasteiger partial charge in [-0.1, -0.05) is 48.5 Å². The minimum atomic E-state index is -0.906. The van der Waals surface area contributed by atoms with E-state index in [1.54, 1.807) is 19.1 Å². The number of aliphatic hydroxyl groups is 2. The van der Waals surface area contributed by atoms with E-state index < -0.39 is 12.2 Å². The van der Waals surface area contributed by atoms with Gasteiger partial charge >= 0.3 is 0 Å². The van der Waals surface area contributed by atoms with E-state index >= 15 is 0 Å². The first-order valence-corrected chi connectivity index (χ1v) is 11.1. The third-order valence-corrected chi connectivity index (χ3v) is 5.34. The summed E-state index contributed by atoms with van der Waals surface area (Å²) in [4.78, 5) is 0. The van der Waals surface area contributed by atoms with E-state index in [-0.39, 0.29) is 17.4 Å². The first kappa shape index (κ1) is 26.7. The molecule has 0 saturated carbocycles. The predicted octanol–water partition coefficient (Wildman–Crippen LogP) is 6.20. The van der Waals surface area contributed by atoms with E-state index in [1.807, 2.05) is 32.1 Å². The number of hydrogen-bond donors (Lipinski definition) is 4. The van der Waals surface area contributed by atoms with Gasteiger partial charge in [-0.2, -0.15) is 0 Å². The zero-order valence-electron chi connectivity index (χ0n) is 19.9. The van der Waals surface area contributed by atoms with Gasteiger partial charge in [-0.15, -0.1) is 0 Å². The molecule has 0 aliphatic rings. The van der Waals surface area contributed by atoms with Gasteiger partial charge in [0.25, 0.3) is 0 Å². The van der Waals surface area contributed by atoms with E-state index in [1.165, 1.54) is 11.6 Å². The lowest BCUT2D eigenvalue weighted by atomic mass is 9.98. The summed E-state index contributed by atoms with van der Waals surface area (Å²) < 4.78 is 0. The van der Waals surface area contributed by atoms with Gasteiger partial charge in [-0.05, 0) is 89.5 Å². The number of hydrogen-bond acceptors (Lipinski definition) is 4. The molecule has 1 rings (SSSR count). The van der Waals surface area contributed by atoms with Crippen molar-refractivity contribution < 1.29 is 20.4 Å². The second-order valence-electron chi connectivity index (χ2n) is 8.83. The maximum atomic E-state index is 10.4. The van der Waals surface area contributed by atoms with E-state index in [0.717, 1.165) is 36.8 Å². The van der Waals surface area contributed by atoms with Crippen molar-refractivity contribution in [2.75, 3.05) is 0 Å². The lowest BCUT2D eigenvalue weighted by Gasteiger charge is -2.17. The number of aliphatic hydroxyl groups excluding tert-OH is 2. The summed E-state index contributed by atoms with van der Waals surface area (Å²) in [6, 6.07) is 3.08. The monoisotopic (exact) mass is 428 g/mol. The Kier molecular flexibility index (Phi) is 11.4. The quantitative estimate of drug-likeness (QED) is 0.250. The highest BCUT2D eigenvalue weighted by Gasteiger charge is 2.15. The minimum Gasteiger partial charge on any atom is -0.508 e. The van der Waals surface area contributed by atoms with Crippen LogP contribution in [0.5, 0.6) is 11.5 Å². The van der Waals surface area contributed by atoms with E-state index in [0.29, 0.717) is 11.1 Å². The summed E-state index contributed by atoms with van der Waals surface area (Å²) in [5, 5.41) is 40.5. The van der Waals surface area contributed by atoms with Crippen LogP contribution >= 0.6 is 0 Å². The molecular formula is C27H40O4. The van der Waals surface area contributed by atoms with Gasteiger partial charge in [0.1, 0.15) is 23.7 Å². The Morgan fingerprint density at radius 1 is 1.00 bits per heavy atom. The fourth-order valence-corrected chi connectivity index (χ4v) is 3.30. The van der Waals surface area contributed by atoms with Gasteiger partial charge < -0.3 is 20.4 Å². The number of phenolic OH excluding ortho intramolecular Hbond substituents is 2. The standard InChI is InChI=1S/C27H40O4/c1-18(2)9-7-11-20(4)15-25(29)27(31)21(5)12-8-10-19(3)13-14-23-17-24(28)16-22(6)26(23)30/h9,12-17,19,25,27-31H,7-8,10-11H2,1-6H3. The van der Waals surface area contributed by atoms with Gasteiger partial charge in [0, 0.05) is 5.56 Å². The van der Waals surface area contributed by atoms with Crippen LogP contribution in [0.15, 0.2) is 53.2 Å². The molecule has 3 unspecified atom stereocenters. The van der Waals surface area contributed by atoms with Crippen LogP contribution in [-0.4, -0.2) is 32.6 Å². The Morgan fingerprint density at radius 2 is 1.68 bits per heavy atom. The van der Waals surface area contributed by atoms with Crippen LogP contribution in [-0.2, 0) is 0 Å². The van der Waals surface area contributed by atoms with Crippen molar-refractivity contribution in [1.82, 2.24) is 0 Å². The number of aryl methyl sites for hydroxylation is 1. The molecule has 4 heteroatoms. The van der Waals surface area contributed by atoms with Gasteiger partial charge in [-0.25, -0.2) is 0 Å². The highest BCUT2D eigenvalue weighted by atomic mass is 16.3. The number of allylic oxidation sites excluding steroid dienone is 5. The summed E-state index contributed by atoms with van der Waals surface area (Å²) in [7, 11) is 0. The molecule has 0 bridgehead atoms. The molecule has 0 spiro atoms. The Bertz CT molecular complexity index is 826. The molecule has 172 valence electrons. The average molecular weight is 429 g/mol. The van der Waals surface area contributed by atoms with E-state index in [9.17, 15) is 20.4 Å². The fourth-order valence-electron chi connectivity index (χ4n) is 3.30. The molecule has 0 heterocycles. The average Bonchev–Trinajstić information content (AvgIpc) is 2.68. The van der Waals surface area contributed by atoms with E-state index in [2.05, 4.69) is 26.8 Å². The highest BCUT2D eigenvalue weighted by molar-refractivity contribution is 5.61. The van der Waals surface area contributed by atoms with Gasteiger partial charge in [0.15, 0.2) is 0 Å². The van der Waals surface area contributed by atoms with Crippen LogP contribution in [0.2, 0.25) is 0 Å². The highest BCUT2D eigenvalue weighted by Crippen LogP contribution is 2.28. The molecule has 0 aliphatic carbocycles. The van der Waals surface area contributed by atoms with Gasteiger partial charge in [0.2, 0.25) is 0 Å². The van der Waals surface area contributed by atoms with Crippen molar-refractivity contribution in [3.63, 3.8) is 0 Å². The number of rotatable bonds is 11. The predicted molar refractivity (Wildman–Crippen MR) is 130 cm³/mol. The largest absolute Gasteiger partial charge is 0.508 e. The Hall–Kier alpha value is -2.30. The lowest BCUT2D eigenvalue weighted by molar-refractivity contribution is 0.0724. The summed E-state index contributed by atoms with van der Waals surface area (Å²) >= 11 is 0. The molecule has 0 aliphatic heterocycles. The zero-order chi connectivity index (χ0) is 23.6. The van der Waals surface area contributed by atoms with Crippen molar-refractivity contribution in [2.45, 2.75) is 79.4 Å². The summed E-state index contributed by atoms with van der Waals surface area (Å²) in [6.45, 7) is 11.8. The molecular weight excluding hydrogens is 388 g/mol. The van der Waals surface area contributed by atoms with Crippen molar-refractivity contribution in [1.29, 1.82) is 0 Å². The summed E-state index contributed by atoms with van der Waals surface area (Å²) in [6.07, 6.45) is 11.4. The number of phenols is 2. The van der Waals surface area contributed by atoms with Crippen LogP contribution in [0.4, 0.5) is 0 Å². The smallest absolute Gasteiger partial charge is 0.125 e. The van der Waals surface area contributed by atoms with Gasteiger partial charge in [0.05, 0.1) is 0 Å². The molecule has 1 aromatic rings. The number of benzene rings is 1. The molecule has 0 fully saturated rings. The molecule has 3 atom stereocenters. The molecule has 0 amide bonds. The first-order chi connectivity index (χ1) is 14.5. The minimum absolute atomic E-state index is 0.134. The van der Waals surface area contributed by atoms with Crippen LogP contribution < -0.4 is 0 Å². The van der Waals surface area contributed by atoms with Crippen molar-refractivity contribution >= 4 is 6.08 Å². The fraction of sp³-hybridized carbons (Fsp3) is 0.481. The van der Waals surface area contributed by atoms with Gasteiger partial charge in [-0.3, -0.25) is 0 Å². The number of aromatic hydroxyl groups is 2. The summed E-state index contributed by atoms with van der Waals surface area (Å²) in [5.74, 6) is 0.568. The normalized spacial score (nSPS) is 15.7. The van der Waals surface area contributed by atoms with Crippen molar-refractivity contribution in [2.24, 2.45) is 5.92 Å². The molecule has 0 saturated heterocycles. The molecule has 4 nitrogen and oxygen atoms in total. The van der Waals surface area contributed by atoms with Crippen molar-refractivity contribution in [3.05, 3.63) is 64.3 Å². The molecule has 31 heavy (non-hydrogen) atoms. The van der Waals surface area contributed by atoms with Crippen LogP contribution in [0.3, 0.4) is 0 Å². The summed E-state index contributed by atoms with van der Waals surface area (Å²) in [5.41, 5.74) is 4.35. The third-order valence-electron chi connectivity index (χ3n) is 5.34. The molecule has 0 aromatic heterocycles. The maximum Gasteiger partial charge on any atom is 0.125 e. The lowest BCUT2D eigenvalue weighted by Crippen LogP contribution is -2.25. The van der Waals surface area contributed by atoms with Crippen molar-refractivity contribution in [3.8, 4) is 11.5 Å². The SMILES string of the molecule is CC(C)=CCCC(C)=CC(O)C(O)C(C)=CCCC(C)C=Cc1cc(O)cc(C)c1O. The Balaban J connectivity index is 2.58. The van der Waals surface area contributed by atoms with Crippen LogP contribution in [0.1, 0.15) is 71.4 Å². The second-order valence-corrected chi connectivity index (χ2v) is 8.83. The molecule has 1 aromatic carbocycles. The third kappa shape index (κ3) is 10.0. The topological polar surface area (TPSA) is 80.9 Å². The van der Waals surface area contributed by atoms with Crippen LogP contribution in [0.25, 0.3) is 6.08 Å². The Labute approximate surface area is 188 Å².